The highest BCUT2D eigenvalue weighted by atomic mass is 32.1. The molecule has 0 aromatic rings. The van der Waals surface area contributed by atoms with Crippen LogP contribution in [0.2, 0.25) is 0 Å². The molecule has 0 atom stereocenters. The van der Waals surface area contributed by atoms with E-state index in [1.165, 1.54) is 6.42 Å². The second-order valence-corrected chi connectivity index (χ2v) is 3.55. The summed E-state index contributed by atoms with van der Waals surface area (Å²) in [5.74, 6) is 0. The Morgan fingerprint density at radius 3 is 2.40 bits per heavy atom. The van der Waals surface area contributed by atoms with Gasteiger partial charge >= 0.3 is 0 Å². The largest absolute Gasteiger partial charge is 0.383 e. The van der Waals surface area contributed by atoms with Crippen LogP contribution in [0.5, 0.6) is 0 Å². The third-order valence-electron chi connectivity index (χ3n) is 1.77. The third-order valence-corrected chi connectivity index (χ3v) is 2.05. The van der Waals surface area contributed by atoms with Crippen molar-refractivity contribution in [1.29, 1.82) is 0 Å². The Kier molecular flexibility index (Phi) is 11.4. The van der Waals surface area contributed by atoms with Crippen molar-refractivity contribution < 1.29 is 9.47 Å². The predicted molar refractivity (Wildman–Crippen MR) is 66.2 cm³/mol. The van der Waals surface area contributed by atoms with Crippen molar-refractivity contribution in [2.75, 3.05) is 40.0 Å². The van der Waals surface area contributed by atoms with Crippen LogP contribution < -0.4 is 10.6 Å². The summed E-state index contributed by atoms with van der Waals surface area (Å²) in [5, 5.41) is 6.74. The van der Waals surface area contributed by atoms with Gasteiger partial charge in [-0.15, -0.1) is 0 Å². The molecule has 15 heavy (non-hydrogen) atoms. The maximum atomic E-state index is 5.38. The van der Waals surface area contributed by atoms with Crippen molar-refractivity contribution in [3.63, 3.8) is 0 Å². The van der Waals surface area contributed by atoms with Gasteiger partial charge < -0.3 is 20.1 Å². The monoisotopic (exact) mass is 234 g/mol. The first kappa shape index (κ1) is 14.6. The molecular weight excluding hydrogens is 212 g/mol. The first-order chi connectivity index (χ1) is 7.31. The van der Waals surface area contributed by atoms with Crippen molar-refractivity contribution >= 4 is 17.3 Å². The molecule has 0 bridgehead atoms. The molecule has 0 spiro atoms. The fraction of sp³-hybridized carbons (Fsp3) is 0.900. The van der Waals surface area contributed by atoms with Gasteiger partial charge in [0.2, 0.25) is 0 Å². The smallest absolute Gasteiger partial charge is 0.166 e. The van der Waals surface area contributed by atoms with Crippen molar-refractivity contribution in [3.8, 4) is 0 Å². The van der Waals surface area contributed by atoms with Crippen LogP contribution in [-0.2, 0) is 9.47 Å². The molecule has 0 aromatic carbocycles. The lowest BCUT2D eigenvalue weighted by atomic mass is 10.4. The van der Waals surface area contributed by atoms with Gasteiger partial charge in [0, 0.05) is 26.8 Å². The van der Waals surface area contributed by atoms with Crippen molar-refractivity contribution in [3.05, 3.63) is 0 Å². The number of ether oxygens (including phenoxy) is 2. The zero-order chi connectivity index (χ0) is 11.4. The van der Waals surface area contributed by atoms with Gasteiger partial charge in [-0.3, -0.25) is 0 Å². The summed E-state index contributed by atoms with van der Waals surface area (Å²) in [6, 6.07) is 0. The van der Waals surface area contributed by atoms with Crippen molar-refractivity contribution in [2.24, 2.45) is 0 Å². The highest BCUT2D eigenvalue weighted by molar-refractivity contribution is 7.80. The maximum Gasteiger partial charge on any atom is 0.166 e. The normalized spacial score (nSPS) is 10.0. The van der Waals surface area contributed by atoms with Gasteiger partial charge in [-0.1, -0.05) is 13.3 Å². The molecule has 0 heterocycles. The van der Waals surface area contributed by atoms with E-state index in [4.69, 9.17) is 21.7 Å². The zero-order valence-electron chi connectivity index (χ0n) is 9.67. The van der Waals surface area contributed by atoms with Gasteiger partial charge in [-0.05, 0) is 18.6 Å². The fourth-order valence-electron chi connectivity index (χ4n) is 0.914. The Morgan fingerprint density at radius 1 is 1.13 bits per heavy atom. The molecule has 0 aliphatic carbocycles. The average molecular weight is 234 g/mol. The van der Waals surface area contributed by atoms with E-state index in [0.717, 1.165) is 26.1 Å². The highest BCUT2D eigenvalue weighted by Crippen LogP contribution is 1.86. The Balaban J connectivity index is 3.10. The first-order valence-electron chi connectivity index (χ1n) is 5.39. The van der Waals surface area contributed by atoms with Gasteiger partial charge in [0.05, 0.1) is 13.2 Å². The molecule has 0 radical (unpaired) electrons. The van der Waals surface area contributed by atoms with E-state index in [9.17, 15) is 0 Å². The maximum absolute atomic E-state index is 5.38. The molecule has 0 saturated heterocycles. The van der Waals surface area contributed by atoms with Gasteiger partial charge in [0.1, 0.15) is 0 Å². The number of thiocarbonyl (C=S) groups is 1. The summed E-state index contributed by atoms with van der Waals surface area (Å²) in [4.78, 5) is 0. The van der Waals surface area contributed by atoms with Crippen LogP contribution in [0, 0.1) is 0 Å². The lowest BCUT2D eigenvalue weighted by Crippen LogP contribution is -2.38. The molecule has 0 fully saturated rings. The van der Waals surface area contributed by atoms with Crippen LogP contribution >= 0.6 is 12.2 Å². The molecule has 0 rings (SSSR count). The minimum absolute atomic E-state index is 0.658. The summed E-state index contributed by atoms with van der Waals surface area (Å²) in [7, 11) is 1.67. The molecule has 0 aliphatic rings. The van der Waals surface area contributed by atoms with Gasteiger partial charge in [0.15, 0.2) is 5.11 Å². The molecule has 0 saturated carbocycles. The van der Waals surface area contributed by atoms with Crippen LogP contribution in [0.3, 0.4) is 0 Å². The Morgan fingerprint density at radius 2 is 1.80 bits per heavy atom. The molecule has 0 aliphatic heterocycles. The molecule has 90 valence electrons. The Bertz CT molecular complexity index is 156. The van der Waals surface area contributed by atoms with E-state index in [2.05, 4.69) is 17.6 Å². The highest BCUT2D eigenvalue weighted by Gasteiger charge is 1.93. The average Bonchev–Trinajstić information content (AvgIpc) is 2.23. The second kappa shape index (κ2) is 11.7. The Labute approximate surface area is 97.7 Å². The molecule has 4 nitrogen and oxygen atoms in total. The van der Waals surface area contributed by atoms with Crippen LogP contribution in [0.1, 0.15) is 19.8 Å². The van der Waals surface area contributed by atoms with Gasteiger partial charge in [-0.2, -0.15) is 0 Å². The van der Waals surface area contributed by atoms with E-state index >= 15 is 0 Å². The summed E-state index contributed by atoms with van der Waals surface area (Å²) in [6.07, 6.45) is 2.29. The van der Waals surface area contributed by atoms with Crippen LogP contribution in [0.4, 0.5) is 0 Å². The molecule has 2 N–H and O–H groups in total. The first-order valence-corrected chi connectivity index (χ1v) is 5.80. The van der Waals surface area contributed by atoms with E-state index in [1.54, 1.807) is 7.11 Å². The van der Waals surface area contributed by atoms with Crippen LogP contribution in [-0.4, -0.2) is 45.1 Å². The summed E-state index contributed by atoms with van der Waals surface area (Å²) in [6.45, 7) is 5.83. The number of unbranched alkanes of at least 4 members (excludes halogenated alkanes) is 1. The second-order valence-electron chi connectivity index (χ2n) is 3.14. The summed E-state index contributed by atoms with van der Waals surface area (Å²) < 4.78 is 10.3. The Hall–Kier alpha value is -0.390. The van der Waals surface area contributed by atoms with E-state index in [-0.39, 0.29) is 0 Å². The van der Waals surface area contributed by atoms with Crippen LogP contribution in [0.15, 0.2) is 0 Å². The SMILES string of the molecule is CCCCOCCNC(=S)NCCOC. The number of hydrogen-bond donors (Lipinski definition) is 2. The molecule has 0 aromatic heterocycles. The van der Waals surface area contributed by atoms with E-state index in [0.29, 0.717) is 18.3 Å². The predicted octanol–water partition coefficient (Wildman–Crippen LogP) is 0.914. The van der Waals surface area contributed by atoms with Crippen LogP contribution in [0.25, 0.3) is 0 Å². The molecule has 0 amide bonds. The lowest BCUT2D eigenvalue weighted by molar-refractivity contribution is 0.136. The topological polar surface area (TPSA) is 42.5 Å². The summed E-state index contributed by atoms with van der Waals surface area (Å²) >= 11 is 5.03. The van der Waals surface area contributed by atoms with Gasteiger partial charge in [-0.25, -0.2) is 0 Å². The van der Waals surface area contributed by atoms with E-state index in [1.807, 2.05) is 0 Å². The number of rotatable bonds is 9. The zero-order valence-corrected chi connectivity index (χ0v) is 10.5. The number of hydrogen-bond acceptors (Lipinski definition) is 3. The fourth-order valence-corrected chi connectivity index (χ4v) is 1.12. The number of methoxy groups -OCH3 is 1. The lowest BCUT2D eigenvalue weighted by Gasteiger charge is -2.10. The molecule has 0 unspecified atom stereocenters. The quantitative estimate of drug-likeness (QED) is 0.458. The minimum atomic E-state index is 0.658. The van der Waals surface area contributed by atoms with Crippen molar-refractivity contribution in [2.45, 2.75) is 19.8 Å². The standard InChI is InChI=1S/C10H22N2O2S/c1-3-4-7-14-9-6-12-10(15)11-5-8-13-2/h3-9H2,1-2H3,(H2,11,12,15). The molecule has 5 heteroatoms. The third kappa shape index (κ3) is 11.5. The van der Waals surface area contributed by atoms with Crippen molar-refractivity contribution in [1.82, 2.24) is 10.6 Å². The van der Waals surface area contributed by atoms with E-state index < -0.39 is 0 Å². The number of nitrogens with one attached hydrogen (secondary N) is 2. The van der Waals surface area contributed by atoms with Gasteiger partial charge in [0.25, 0.3) is 0 Å². The minimum Gasteiger partial charge on any atom is -0.383 e. The molecular formula is C10H22N2O2S. The summed E-state index contributed by atoms with van der Waals surface area (Å²) in [5.41, 5.74) is 0.